The highest BCUT2D eigenvalue weighted by Crippen LogP contribution is 2.40. The molecular weight excluding hydrogens is 532 g/mol. The first-order valence-corrected chi connectivity index (χ1v) is 12.7. The Morgan fingerprint density at radius 1 is 0.902 bits per heavy atom. The maximum absolute atomic E-state index is 13.6. The van der Waals surface area contributed by atoms with E-state index in [0.717, 1.165) is 11.1 Å². The van der Waals surface area contributed by atoms with Crippen molar-refractivity contribution in [1.82, 2.24) is 4.90 Å². The first kappa shape index (κ1) is 29.1. The molecule has 11 heteroatoms. The summed E-state index contributed by atoms with van der Waals surface area (Å²) in [5.74, 6) is 2.76. The lowest BCUT2D eigenvalue weighted by Gasteiger charge is -2.37. The number of benzene rings is 3. The van der Waals surface area contributed by atoms with Crippen LogP contribution in [0.2, 0.25) is 0 Å². The van der Waals surface area contributed by atoms with Crippen LogP contribution in [-0.4, -0.2) is 64.4 Å². The van der Waals surface area contributed by atoms with Gasteiger partial charge in [-0.05, 0) is 65.6 Å². The van der Waals surface area contributed by atoms with E-state index in [-0.39, 0.29) is 18.2 Å². The van der Waals surface area contributed by atoms with Gasteiger partial charge in [-0.1, -0.05) is 0 Å². The summed E-state index contributed by atoms with van der Waals surface area (Å²) in [6.45, 7) is 0.555. The number of fused-ring (bicyclic) bond motifs is 1. The maximum Gasteiger partial charge on any atom is 0.269 e. The van der Waals surface area contributed by atoms with E-state index in [2.05, 4.69) is 0 Å². The Hall–Kier alpha value is -4.93. The van der Waals surface area contributed by atoms with Gasteiger partial charge in [0.15, 0.2) is 23.0 Å². The van der Waals surface area contributed by atoms with Crippen molar-refractivity contribution < 1.29 is 38.1 Å². The molecule has 0 fully saturated rings. The molecule has 3 aromatic carbocycles. The number of carbonyl (C=O) groups excluding carboxylic acids is 1. The Kier molecular flexibility index (Phi) is 9.18. The van der Waals surface area contributed by atoms with Crippen LogP contribution in [0.5, 0.6) is 34.5 Å². The van der Waals surface area contributed by atoms with Crippen LogP contribution >= 0.6 is 0 Å². The van der Waals surface area contributed by atoms with Crippen molar-refractivity contribution in [3.05, 3.63) is 81.4 Å². The number of non-ortho nitro benzene ring substituents is 1. The Labute approximate surface area is 237 Å². The van der Waals surface area contributed by atoms with Crippen molar-refractivity contribution in [3.8, 4) is 34.5 Å². The lowest BCUT2D eigenvalue weighted by Crippen LogP contribution is -2.41. The fourth-order valence-electron chi connectivity index (χ4n) is 4.77. The summed E-state index contributed by atoms with van der Waals surface area (Å²) in [5, 5.41) is 11.0. The van der Waals surface area contributed by atoms with Gasteiger partial charge in [-0.3, -0.25) is 14.9 Å². The van der Waals surface area contributed by atoms with E-state index < -0.39 is 11.0 Å². The Morgan fingerprint density at radius 2 is 1.51 bits per heavy atom. The second kappa shape index (κ2) is 12.9. The topological polar surface area (TPSA) is 119 Å². The van der Waals surface area contributed by atoms with Crippen molar-refractivity contribution in [2.45, 2.75) is 12.5 Å². The van der Waals surface area contributed by atoms with E-state index in [1.807, 2.05) is 12.1 Å². The summed E-state index contributed by atoms with van der Waals surface area (Å²) in [6.07, 6.45) is 3.78. The summed E-state index contributed by atoms with van der Waals surface area (Å²) >= 11 is 0. The summed E-state index contributed by atoms with van der Waals surface area (Å²) in [5.41, 5.74) is 2.53. The predicted octanol–water partition coefficient (Wildman–Crippen LogP) is 4.86. The second-order valence-electron chi connectivity index (χ2n) is 9.06. The SMILES string of the molecule is COc1cc2c(cc1OC)C(COc1ccc([N+](=O)[O-])cc1)N(C(=O)C=Cc1cc(OC)c(OC)c(OC)c1)CC2. The number of ether oxygens (including phenoxy) is 6. The van der Waals surface area contributed by atoms with Crippen molar-refractivity contribution in [2.75, 3.05) is 48.7 Å². The van der Waals surface area contributed by atoms with Gasteiger partial charge >= 0.3 is 0 Å². The molecule has 4 rings (SSSR count). The van der Waals surface area contributed by atoms with Crippen molar-refractivity contribution in [2.24, 2.45) is 0 Å². The minimum Gasteiger partial charge on any atom is -0.493 e. The first-order chi connectivity index (χ1) is 19.8. The van der Waals surface area contributed by atoms with Gasteiger partial charge < -0.3 is 33.3 Å². The van der Waals surface area contributed by atoms with Gasteiger partial charge in [0.25, 0.3) is 5.69 Å². The molecule has 0 radical (unpaired) electrons. The third kappa shape index (κ3) is 6.29. The summed E-state index contributed by atoms with van der Waals surface area (Å²) in [7, 11) is 7.71. The molecule has 41 heavy (non-hydrogen) atoms. The number of nitro benzene ring substituents is 1. The highest BCUT2D eigenvalue weighted by Gasteiger charge is 2.32. The quantitative estimate of drug-likeness (QED) is 0.183. The Balaban J connectivity index is 1.65. The van der Waals surface area contributed by atoms with E-state index in [4.69, 9.17) is 28.4 Å². The Bertz CT molecular complexity index is 1410. The summed E-state index contributed by atoms with van der Waals surface area (Å²) in [6, 6.07) is 12.6. The second-order valence-corrected chi connectivity index (χ2v) is 9.06. The molecule has 0 spiro atoms. The molecule has 1 amide bonds. The molecule has 1 atom stereocenters. The van der Waals surface area contributed by atoms with E-state index in [1.54, 1.807) is 37.3 Å². The highest BCUT2D eigenvalue weighted by molar-refractivity contribution is 5.92. The zero-order chi connectivity index (χ0) is 29.5. The number of nitro groups is 1. The van der Waals surface area contributed by atoms with Crippen LogP contribution in [0, 0.1) is 10.1 Å². The van der Waals surface area contributed by atoms with Crippen LogP contribution in [-0.2, 0) is 11.2 Å². The van der Waals surface area contributed by atoms with Crippen LogP contribution in [0.3, 0.4) is 0 Å². The molecule has 0 bridgehead atoms. The fourth-order valence-corrected chi connectivity index (χ4v) is 4.77. The van der Waals surface area contributed by atoms with Gasteiger partial charge in [-0.15, -0.1) is 0 Å². The lowest BCUT2D eigenvalue weighted by atomic mass is 9.92. The monoisotopic (exact) mass is 564 g/mol. The summed E-state index contributed by atoms with van der Waals surface area (Å²) < 4.78 is 33.3. The average Bonchev–Trinajstić information content (AvgIpc) is 3.00. The van der Waals surface area contributed by atoms with E-state index in [1.165, 1.54) is 51.7 Å². The van der Waals surface area contributed by atoms with Crippen molar-refractivity contribution in [1.29, 1.82) is 0 Å². The molecule has 0 aromatic heterocycles. The molecule has 0 aliphatic carbocycles. The predicted molar refractivity (Wildman–Crippen MR) is 151 cm³/mol. The molecule has 1 aliphatic heterocycles. The third-order valence-electron chi connectivity index (χ3n) is 6.85. The van der Waals surface area contributed by atoms with E-state index >= 15 is 0 Å². The number of hydrogen-bond acceptors (Lipinski definition) is 9. The minimum atomic E-state index is -0.471. The van der Waals surface area contributed by atoms with Crippen LogP contribution in [0.15, 0.2) is 54.6 Å². The molecule has 1 aliphatic rings. The van der Waals surface area contributed by atoms with Gasteiger partial charge in [0.2, 0.25) is 11.7 Å². The van der Waals surface area contributed by atoms with E-state index in [9.17, 15) is 14.9 Å². The molecule has 1 unspecified atom stereocenters. The van der Waals surface area contributed by atoms with Crippen LogP contribution in [0.4, 0.5) is 5.69 Å². The largest absolute Gasteiger partial charge is 0.493 e. The zero-order valence-corrected chi connectivity index (χ0v) is 23.5. The van der Waals surface area contributed by atoms with Gasteiger partial charge in [-0.2, -0.15) is 0 Å². The molecule has 0 saturated heterocycles. The normalized spacial score (nSPS) is 14.3. The van der Waals surface area contributed by atoms with Crippen LogP contribution in [0.1, 0.15) is 22.7 Å². The van der Waals surface area contributed by atoms with Gasteiger partial charge in [0.05, 0.1) is 46.5 Å². The highest BCUT2D eigenvalue weighted by atomic mass is 16.6. The molecule has 11 nitrogen and oxygen atoms in total. The number of hydrogen-bond donors (Lipinski definition) is 0. The molecule has 0 saturated carbocycles. The Morgan fingerprint density at radius 3 is 2.07 bits per heavy atom. The lowest BCUT2D eigenvalue weighted by molar-refractivity contribution is -0.384. The van der Waals surface area contributed by atoms with E-state index in [0.29, 0.717) is 53.0 Å². The van der Waals surface area contributed by atoms with Crippen molar-refractivity contribution >= 4 is 17.7 Å². The number of carbonyl (C=O) groups is 1. The van der Waals surface area contributed by atoms with Crippen LogP contribution < -0.4 is 28.4 Å². The molecular formula is C30H32N2O9. The first-order valence-electron chi connectivity index (χ1n) is 12.7. The van der Waals surface area contributed by atoms with Gasteiger partial charge in [0, 0.05) is 24.8 Å². The average molecular weight is 565 g/mol. The fraction of sp³-hybridized carbons (Fsp3) is 0.300. The third-order valence-corrected chi connectivity index (χ3v) is 6.85. The number of methoxy groups -OCH3 is 5. The molecule has 3 aromatic rings. The van der Waals surface area contributed by atoms with Crippen molar-refractivity contribution in [3.63, 3.8) is 0 Å². The number of rotatable bonds is 11. The number of nitrogens with zero attached hydrogens (tertiary/aromatic N) is 2. The van der Waals surface area contributed by atoms with Gasteiger partial charge in [-0.25, -0.2) is 0 Å². The molecule has 1 heterocycles. The summed E-state index contributed by atoms with van der Waals surface area (Å²) in [4.78, 5) is 25.9. The standard InChI is InChI=1S/C30H32N2O9/c1-36-25-16-20-12-13-31(29(33)11-6-19-14-27(38-3)30(40-5)28(15-19)39-4)24(23(20)17-26(25)37-2)18-41-22-9-7-21(8-10-22)32(34)35/h6-11,14-17,24H,12-13,18H2,1-5H3. The number of amides is 1. The minimum absolute atomic E-state index is 0.0362. The zero-order valence-electron chi connectivity index (χ0n) is 23.5. The molecule has 0 N–H and O–H groups in total. The van der Waals surface area contributed by atoms with Crippen LogP contribution in [0.25, 0.3) is 6.08 Å². The molecule has 216 valence electrons. The maximum atomic E-state index is 13.6. The smallest absolute Gasteiger partial charge is 0.269 e. The van der Waals surface area contributed by atoms with Gasteiger partial charge in [0.1, 0.15) is 12.4 Å².